The smallest absolute Gasteiger partial charge is 0.267 e. The van der Waals surface area contributed by atoms with Gasteiger partial charge in [-0.1, -0.05) is 23.7 Å². The summed E-state index contributed by atoms with van der Waals surface area (Å²) in [5.74, 6) is -0.553. The van der Waals surface area contributed by atoms with Crippen LogP contribution in [0.15, 0.2) is 36.4 Å². The number of aromatic amines is 1. The van der Waals surface area contributed by atoms with Gasteiger partial charge >= 0.3 is 0 Å². The van der Waals surface area contributed by atoms with Crippen LogP contribution in [0, 0.1) is 12.7 Å². The summed E-state index contributed by atoms with van der Waals surface area (Å²) in [4.78, 5) is 15.0. The summed E-state index contributed by atoms with van der Waals surface area (Å²) < 4.78 is 13.8. The van der Waals surface area contributed by atoms with E-state index in [0.29, 0.717) is 23.9 Å². The second-order valence-electron chi connectivity index (χ2n) is 5.66. The number of nitrogens with one attached hydrogen (secondary N) is 2. The number of benzene rings is 2. The number of amides is 1. The molecule has 0 fully saturated rings. The Morgan fingerprint density at radius 2 is 2.08 bits per heavy atom. The molecule has 0 unspecified atom stereocenters. The fourth-order valence-electron chi connectivity index (χ4n) is 2.51. The monoisotopic (exact) mass is 346 g/mol. The lowest BCUT2D eigenvalue weighted by atomic mass is 10.1. The standard InChI is InChI=1S/C18H16ClFN2O2/c1-10-2-3-11(6-17(10)23)4-5-21-18(24)16-9-13-14(20)7-12(19)8-15(13)22-16/h2-3,6-9,22-23H,4-5H2,1H3,(H,21,24). The summed E-state index contributed by atoms with van der Waals surface area (Å²) >= 11 is 5.81. The first-order valence-corrected chi connectivity index (χ1v) is 7.86. The van der Waals surface area contributed by atoms with Crippen molar-refractivity contribution in [3.05, 3.63) is 64.1 Å². The molecule has 4 nitrogen and oxygen atoms in total. The number of halogens is 2. The van der Waals surface area contributed by atoms with Gasteiger partial charge in [0.2, 0.25) is 0 Å². The quantitative estimate of drug-likeness (QED) is 0.669. The van der Waals surface area contributed by atoms with E-state index in [1.54, 1.807) is 12.1 Å². The molecule has 3 aromatic rings. The minimum absolute atomic E-state index is 0.238. The van der Waals surface area contributed by atoms with Gasteiger partial charge in [-0.25, -0.2) is 4.39 Å². The number of phenols is 1. The second-order valence-corrected chi connectivity index (χ2v) is 6.10. The third-order valence-corrected chi connectivity index (χ3v) is 4.09. The molecule has 0 aliphatic carbocycles. The molecule has 0 bridgehead atoms. The number of hydrogen-bond donors (Lipinski definition) is 3. The summed E-state index contributed by atoms with van der Waals surface area (Å²) in [6, 6.07) is 9.67. The van der Waals surface area contributed by atoms with Crippen molar-refractivity contribution in [2.75, 3.05) is 6.54 Å². The van der Waals surface area contributed by atoms with Crippen LogP contribution in [0.2, 0.25) is 5.02 Å². The van der Waals surface area contributed by atoms with Crippen LogP contribution in [0.4, 0.5) is 4.39 Å². The van der Waals surface area contributed by atoms with Gasteiger partial charge in [-0.2, -0.15) is 0 Å². The maximum atomic E-state index is 13.8. The fourth-order valence-corrected chi connectivity index (χ4v) is 2.71. The van der Waals surface area contributed by atoms with Crippen molar-refractivity contribution >= 4 is 28.4 Å². The van der Waals surface area contributed by atoms with Gasteiger partial charge < -0.3 is 15.4 Å². The molecule has 1 aromatic heterocycles. The molecule has 0 aliphatic rings. The molecule has 0 saturated heterocycles. The summed E-state index contributed by atoms with van der Waals surface area (Å²) in [7, 11) is 0. The SMILES string of the molecule is Cc1ccc(CCNC(=O)c2cc3c(F)cc(Cl)cc3[nH]2)cc1O. The summed E-state index contributed by atoms with van der Waals surface area (Å²) in [6.45, 7) is 2.22. The van der Waals surface area contributed by atoms with Crippen molar-refractivity contribution in [2.45, 2.75) is 13.3 Å². The van der Waals surface area contributed by atoms with Crippen LogP contribution in [0.5, 0.6) is 5.75 Å². The molecular formula is C18H16ClFN2O2. The molecule has 0 atom stereocenters. The minimum Gasteiger partial charge on any atom is -0.508 e. The molecular weight excluding hydrogens is 331 g/mol. The number of carbonyl (C=O) groups excluding carboxylic acids is 1. The van der Waals surface area contributed by atoms with E-state index in [4.69, 9.17) is 11.6 Å². The van der Waals surface area contributed by atoms with Crippen LogP contribution in [-0.4, -0.2) is 22.5 Å². The highest BCUT2D eigenvalue weighted by atomic mass is 35.5. The number of phenolic OH excluding ortho intramolecular Hbond substituents is 1. The predicted octanol–water partition coefficient (Wildman–Crippen LogP) is 3.95. The van der Waals surface area contributed by atoms with Crippen LogP contribution in [0.1, 0.15) is 21.6 Å². The zero-order valence-electron chi connectivity index (χ0n) is 13.0. The molecule has 124 valence electrons. The Balaban J connectivity index is 1.66. The van der Waals surface area contributed by atoms with E-state index in [1.807, 2.05) is 19.1 Å². The van der Waals surface area contributed by atoms with Gasteiger partial charge in [-0.15, -0.1) is 0 Å². The largest absolute Gasteiger partial charge is 0.508 e. The summed E-state index contributed by atoms with van der Waals surface area (Å²) in [6.07, 6.45) is 0.583. The summed E-state index contributed by atoms with van der Waals surface area (Å²) in [5.41, 5.74) is 2.49. The van der Waals surface area contributed by atoms with Crippen molar-refractivity contribution in [3.63, 3.8) is 0 Å². The van der Waals surface area contributed by atoms with E-state index in [0.717, 1.165) is 11.1 Å². The topological polar surface area (TPSA) is 65.1 Å². The number of aromatic hydroxyl groups is 1. The van der Waals surface area contributed by atoms with E-state index >= 15 is 0 Å². The van der Waals surface area contributed by atoms with Crippen LogP contribution < -0.4 is 5.32 Å². The first kappa shape index (κ1) is 16.3. The number of rotatable bonds is 4. The van der Waals surface area contributed by atoms with Crippen molar-refractivity contribution in [3.8, 4) is 5.75 Å². The van der Waals surface area contributed by atoms with Crippen molar-refractivity contribution < 1.29 is 14.3 Å². The molecule has 2 aromatic carbocycles. The van der Waals surface area contributed by atoms with Crippen molar-refractivity contribution in [1.29, 1.82) is 0 Å². The van der Waals surface area contributed by atoms with Gasteiger partial charge in [0.05, 0.1) is 5.52 Å². The van der Waals surface area contributed by atoms with Gasteiger partial charge in [0.1, 0.15) is 17.3 Å². The number of H-pyrrole nitrogens is 1. The third kappa shape index (κ3) is 3.36. The van der Waals surface area contributed by atoms with E-state index in [2.05, 4.69) is 10.3 Å². The lowest BCUT2D eigenvalue weighted by molar-refractivity contribution is 0.0950. The highest BCUT2D eigenvalue weighted by Crippen LogP contribution is 2.23. The number of aryl methyl sites for hydroxylation is 1. The van der Waals surface area contributed by atoms with Gasteiger partial charge in [0.15, 0.2) is 0 Å². The van der Waals surface area contributed by atoms with Gasteiger partial charge in [-0.05, 0) is 48.7 Å². The van der Waals surface area contributed by atoms with Gasteiger partial charge in [-0.3, -0.25) is 4.79 Å². The Kier molecular flexibility index (Phi) is 4.44. The van der Waals surface area contributed by atoms with E-state index < -0.39 is 5.82 Å². The van der Waals surface area contributed by atoms with Crippen LogP contribution in [-0.2, 0) is 6.42 Å². The zero-order valence-corrected chi connectivity index (χ0v) is 13.7. The Morgan fingerprint density at radius 1 is 1.29 bits per heavy atom. The van der Waals surface area contributed by atoms with Crippen LogP contribution in [0.3, 0.4) is 0 Å². The average Bonchev–Trinajstić information content (AvgIpc) is 2.95. The lowest BCUT2D eigenvalue weighted by Crippen LogP contribution is -2.25. The Bertz CT molecular complexity index is 921. The molecule has 3 N–H and O–H groups in total. The predicted molar refractivity (Wildman–Crippen MR) is 92.1 cm³/mol. The highest BCUT2D eigenvalue weighted by Gasteiger charge is 2.12. The number of aromatic nitrogens is 1. The fraction of sp³-hybridized carbons (Fsp3) is 0.167. The second kappa shape index (κ2) is 6.53. The molecule has 6 heteroatoms. The maximum Gasteiger partial charge on any atom is 0.267 e. The summed E-state index contributed by atoms with van der Waals surface area (Å²) in [5, 5.41) is 13.0. The number of hydrogen-bond acceptors (Lipinski definition) is 2. The lowest BCUT2D eigenvalue weighted by Gasteiger charge is -2.06. The van der Waals surface area contributed by atoms with Crippen molar-refractivity contribution in [1.82, 2.24) is 10.3 Å². The maximum absolute atomic E-state index is 13.8. The van der Waals surface area contributed by atoms with E-state index in [9.17, 15) is 14.3 Å². The molecule has 0 aliphatic heterocycles. The normalized spacial score (nSPS) is 11.0. The zero-order chi connectivity index (χ0) is 17.3. The Hall–Kier alpha value is -2.53. The molecule has 0 saturated carbocycles. The van der Waals surface area contributed by atoms with Gasteiger partial charge in [0.25, 0.3) is 5.91 Å². The van der Waals surface area contributed by atoms with E-state index in [1.165, 1.54) is 12.1 Å². The molecule has 3 rings (SSSR count). The average molecular weight is 347 g/mol. The first-order valence-electron chi connectivity index (χ1n) is 7.48. The van der Waals surface area contributed by atoms with Crippen LogP contribution >= 0.6 is 11.6 Å². The molecule has 0 radical (unpaired) electrons. The van der Waals surface area contributed by atoms with Crippen LogP contribution in [0.25, 0.3) is 10.9 Å². The Morgan fingerprint density at radius 3 is 2.83 bits per heavy atom. The first-order chi connectivity index (χ1) is 11.4. The third-order valence-electron chi connectivity index (χ3n) is 3.87. The number of fused-ring (bicyclic) bond motifs is 1. The molecule has 1 amide bonds. The Labute approximate surface area is 143 Å². The molecule has 1 heterocycles. The van der Waals surface area contributed by atoms with E-state index in [-0.39, 0.29) is 22.4 Å². The van der Waals surface area contributed by atoms with Gasteiger partial charge in [0, 0.05) is 17.0 Å². The molecule has 0 spiro atoms. The van der Waals surface area contributed by atoms with Crippen molar-refractivity contribution in [2.24, 2.45) is 0 Å². The number of carbonyl (C=O) groups is 1. The highest BCUT2D eigenvalue weighted by molar-refractivity contribution is 6.31. The minimum atomic E-state index is -0.470. The molecule has 24 heavy (non-hydrogen) atoms.